The Balaban J connectivity index is 1.35. The maximum atomic E-state index is 13.1. The lowest BCUT2D eigenvalue weighted by atomic mass is 9.90. The van der Waals surface area contributed by atoms with Crippen LogP contribution in [0.25, 0.3) is 11.0 Å². The molecule has 7 heteroatoms. The zero-order chi connectivity index (χ0) is 18.4. The van der Waals surface area contributed by atoms with Crippen molar-refractivity contribution in [3.05, 3.63) is 53.9 Å². The standard InChI is InChI=1S/C20H21N3O3S/c24-27(25,16-3-4-19-15(12-16)7-11-26-19)23-9-5-14(6-10-23)18-13-22-20-17(18)2-1-8-21-20/h1-4,8,12-14H,5-7,9-11H2,(H,21,22). The van der Waals surface area contributed by atoms with E-state index in [1.165, 1.54) is 5.56 Å². The van der Waals surface area contributed by atoms with E-state index in [1.54, 1.807) is 28.7 Å². The molecule has 0 amide bonds. The van der Waals surface area contributed by atoms with Gasteiger partial charge in [-0.15, -0.1) is 0 Å². The summed E-state index contributed by atoms with van der Waals surface area (Å²) in [5, 5.41) is 1.14. The fraction of sp³-hybridized carbons (Fsp3) is 0.350. The molecule has 0 saturated carbocycles. The zero-order valence-electron chi connectivity index (χ0n) is 14.9. The molecule has 27 heavy (non-hydrogen) atoms. The molecule has 2 aliphatic heterocycles. The van der Waals surface area contributed by atoms with Gasteiger partial charge in [-0.1, -0.05) is 0 Å². The molecule has 6 nitrogen and oxygen atoms in total. The van der Waals surface area contributed by atoms with Gasteiger partial charge in [-0.25, -0.2) is 13.4 Å². The summed E-state index contributed by atoms with van der Waals surface area (Å²) in [5.74, 6) is 1.16. The van der Waals surface area contributed by atoms with Crippen LogP contribution in [0.1, 0.15) is 29.9 Å². The van der Waals surface area contributed by atoms with E-state index in [9.17, 15) is 8.42 Å². The number of sulfonamides is 1. The molecule has 4 heterocycles. The number of aromatic nitrogens is 2. The van der Waals surface area contributed by atoms with E-state index in [-0.39, 0.29) is 0 Å². The fourth-order valence-electron chi connectivity index (χ4n) is 4.19. The molecular formula is C20H21N3O3S. The van der Waals surface area contributed by atoms with Crippen molar-refractivity contribution < 1.29 is 13.2 Å². The Labute approximate surface area is 158 Å². The summed E-state index contributed by atoms with van der Waals surface area (Å²) in [6.07, 6.45) is 6.20. The van der Waals surface area contributed by atoms with Crippen LogP contribution < -0.4 is 4.74 Å². The molecule has 0 bridgehead atoms. The van der Waals surface area contributed by atoms with Crippen LogP contribution in [0.5, 0.6) is 5.75 Å². The monoisotopic (exact) mass is 383 g/mol. The second-order valence-corrected chi connectivity index (χ2v) is 9.13. The summed E-state index contributed by atoms with van der Waals surface area (Å²) >= 11 is 0. The van der Waals surface area contributed by atoms with Crippen LogP contribution in [0.15, 0.2) is 47.6 Å². The first kappa shape index (κ1) is 16.8. The highest BCUT2D eigenvalue weighted by Crippen LogP contribution is 2.35. The number of benzene rings is 1. The Kier molecular flexibility index (Phi) is 3.94. The summed E-state index contributed by atoms with van der Waals surface area (Å²) in [6.45, 7) is 1.70. The lowest BCUT2D eigenvalue weighted by Crippen LogP contribution is -2.37. The molecule has 3 aromatic rings. The van der Waals surface area contributed by atoms with Crippen molar-refractivity contribution in [3.8, 4) is 5.75 Å². The first-order valence-electron chi connectivity index (χ1n) is 9.31. The van der Waals surface area contributed by atoms with Crippen molar-refractivity contribution >= 4 is 21.1 Å². The Hall–Kier alpha value is -2.38. The number of piperidine rings is 1. The summed E-state index contributed by atoms with van der Waals surface area (Å²) in [5.41, 5.74) is 3.12. The molecule has 2 aromatic heterocycles. The van der Waals surface area contributed by atoms with Crippen molar-refractivity contribution in [1.29, 1.82) is 0 Å². The molecular weight excluding hydrogens is 362 g/mol. The van der Waals surface area contributed by atoms with Gasteiger partial charge in [-0.05, 0) is 60.2 Å². The van der Waals surface area contributed by atoms with Crippen molar-refractivity contribution in [2.75, 3.05) is 19.7 Å². The lowest BCUT2D eigenvalue weighted by Gasteiger charge is -2.31. The third-order valence-electron chi connectivity index (χ3n) is 5.68. The number of hydrogen-bond acceptors (Lipinski definition) is 4. The quantitative estimate of drug-likeness (QED) is 0.754. The second kappa shape index (κ2) is 6.35. The van der Waals surface area contributed by atoms with E-state index in [0.717, 1.165) is 41.6 Å². The van der Waals surface area contributed by atoms with Gasteiger partial charge in [0.15, 0.2) is 0 Å². The molecule has 1 aromatic carbocycles. The highest BCUT2D eigenvalue weighted by atomic mass is 32.2. The average Bonchev–Trinajstić information content (AvgIpc) is 3.34. The minimum Gasteiger partial charge on any atom is -0.493 e. The van der Waals surface area contributed by atoms with Crippen LogP contribution >= 0.6 is 0 Å². The normalized spacial score (nSPS) is 18.5. The van der Waals surface area contributed by atoms with Gasteiger partial charge in [-0.3, -0.25) is 0 Å². The summed E-state index contributed by atoms with van der Waals surface area (Å²) in [6, 6.07) is 9.23. The third kappa shape index (κ3) is 2.82. The molecule has 0 radical (unpaired) electrons. The molecule has 1 N–H and O–H groups in total. The fourth-order valence-corrected chi connectivity index (χ4v) is 5.72. The Morgan fingerprint density at radius 2 is 2.04 bits per heavy atom. The number of fused-ring (bicyclic) bond motifs is 2. The lowest BCUT2D eigenvalue weighted by molar-refractivity contribution is 0.320. The summed E-state index contributed by atoms with van der Waals surface area (Å²) in [4.78, 5) is 7.95. The number of nitrogens with one attached hydrogen (secondary N) is 1. The van der Waals surface area contributed by atoms with Gasteiger partial charge in [-0.2, -0.15) is 4.31 Å². The van der Waals surface area contributed by atoms with Gasteiger partial charge in [0.1, 0.15) is 11.4 Å². The molecule has 5 rings (SSSR count). The van der Waals surface area contributed by atoms with Crippen LogP contribution in [0.2, 0.25) is 0 Å². The number of aromatic amines is 1. The topological polar surface area (TPSA) is 75.3 Å². The molecule has 1 saturated heterocycles. The summed E-state index contributed by atoms with van der Waals surface area (Å²) < 4.78 is 33.2. The van der Waals surface area contributed by atoms with Gasteiger partial charge in [0.05, 0.1) is 11.5 Å². The SMILES string of the molecule is O=S(=O)(c1ccc2c(c1)CCO2)N1CCC(c2c[nH]c3ncccc23)CC1. The van der Waals surface area contributed by atoms with Gasteiger partial charge in [0.25, 0.3) is 0 Å². The predicted molar refractivity (Wildman–Crippen MR) is 102 cm³/mol. The molecule has 0 unspecified atom stereocenters. The molecule has 1 fully saturated rings. The third-order valence-corrected chi connectivity index (χ3v) is 7.57. The first-order chi connectivity index (χ1) is 13.1. The number of rotatable bonds is 3. The minimum atomic E-state index is -3.46. The van der Waals surface area contributed by atoms with Crippen LogP contribution in [-0.2, 0) is 16.4 Å². The Morgan fingerprint density at radius 1 is 1.19 bits per heavy atom. The number of pyridine rings is 1. The predicted octanol–water partition coefficient (Wildman–Crippen LogP) is 3.07. The number of hydrogen-bond donors (Lipinski definition) is 1. The van der Waals surface area contributed by atoms with Crippen molar-refractivity contribution in [2.24, 2.45) is 0 Å². The molecule has 2 aliphatic rings. The highest BCUT2D eigenvalue weighted by Gasteiger charge is 2.31. The van der Waals surface area contributed by atoms with Crippen LogP contribution in [0.4, 0.5) is 0 Å². The number of ether oxygens (including phenoxy) is 1. The van der Waals surface area contributed by atoms with Crippen molar-refractivity contribution in [2.45, 2.75) is 30.1 Å². The number of H-pyrrole nitrogens is 1. The van der Waals surface area contributed by atoms with E-state index >= 15 is 0 Å². The molecule has 140 valence electrons. The van der Waals surface area contributed by atoms with Crippen LogP contribution in [-0.4, -0.2) is 42.4 Å². The summed E-state index contributed by atoms with van der Waals surface area (Å²) in [7, 11) is -3.46. The second-order valence-electron chi connectivity index (χ2n) is 7.19. The van der Waals surface area contributed by atoms with Gasteiger partial charge >= 0.3 is 0 Å². The van der Waals surface area contributed by atoms with E-state index in [4.69, 9.17) is 4.74 Å². The maximum Gasteiger partial charge on any atom is 0.243 e. The van der Waals surface area contributed by atoms with Crippen molar-refractivity contribution in [1.82, 2.24) is 14.3 Å². The number of nitrogens with zero attached hydrogens (tertiary/aromatic N) is 2. The molecule has 0 spiro atoms. The minimum absolute atomic E-state index is 0.350. The van der Waals surface area contributed by atoms with E-state index in [1.807, 2.05) is 12.3 Å². The van der Waals surface area contributed by atoms with Crippen molar-refractivity contribution in [3.63, 3.8) is 0 Å². The highest BCUT2D eigenvalue weighted by molar-refractivity contribution is 7.89. The van der Waals surface area contributed by atoms with Gasteiger partial charge in [0.2, 0.25) is 10.0 Å². The average molecular weight is 383 g/mol. The smallest absolute Gasteiger partial charge is 0.243 e. The van der Waals surface area contributed by atoms with E-state index in [0.29, 0.717) is 30.5 Å². The molecule has 0 aliphatic carbocycles. The Bertz CT molecular complexity index is 1100. The Morgan fingerprint density at radius 3 is 2.89 bits per heavy atom. The van der Waals surface area contributed by atoms with E-state index < -0.39 is 10.0 Å². The van der Waals surface area contributed by atoms with Crippen LogP contribution in [0, 0.1) is 0 Å². The van der Waals surface area contributed by atoms with Crippen LogP contribution in [0.3, 0.4) is 0 Å². The van der Waals surface area contributed by atoms with Gasteiger partial charge < -0.3 is 9.72 Å². The zero-order valence-corrected chi connectivity index (χ0v) is 15.7. The molecule has 0 atom stereocenters. The first-order valence-corrected chi connectivity index (χ1v) is 10.7. The van der Waals surface area contributed by atoms with Gasteiger partial charge in [0, 0.05) is 37.3 Å². The van der Waals surface area contributed by atoms with E-state index in [2.05, 4.69) is 16.0 Å². The maximum absolute atomic E-state index is 13.1. The largest absolute Gasteiger partial charge is 0.493 e.